The number of carboxylic acid groups (broad SMARTS) is 1. The van der Waals surface area contributed by atoms with Gasteiger partial charge in [0.25, 0.3) is 0 Å². The van der Waals surface area contributed by atoms with E-state index in [1.165, 1.54) is 0 Å². The average Bonchev–Trinajstić information content (AvgIpc) is 2.87. The Bertz CT molecular complexity index is 359. The van der Waals surface area contributed by atoms with Crippen molar-refractivity contribution in [2.45, 2.75) is 6.04 Å². The van der Waals surface area contributed by atoms with Gasteiger partial charge in [0.05, 0.1) is 13.2 Å². The maximum absolute atomic E-state index is 11.1. The van der Waals surface area contributed by atoms with Gasteiger partial charge in [-0.25, -0.2) is 4.79 Å². The zero-order valence-corrected chi connectivity index (χ0v) is 8.21. The quantitative estimate of drug-likeness (QED) is 0.752. The third-order valence-electron chi connectivity index (χ3n) is 2.38. The summed E-state index contributed by atoms with van der Waals surface area (Å²) in [6.45, 7) is 1.14. The maximum Gasteiger partial charge on any atom is 0.328 e. The molecular weight excluding hydrogens is 194 g/mol. The van der Waals surface area contributed by atoms with Crippen LogP contribution in [0.1, 0.15) is 6.04 Å². The number of aromatic nitrogens is 1. The summed E-state index contributed by atoms with van der Waals surface area (Å²) < 4.78 is 1.70. The highest BCUT2D eigenvalue weighted by Crippen LogP contribution is 2.11. The Balaban J connectivity index is 2.07. The molecule has 5 heteroatoms. The molecule has 0 spiro atoms. The topological polar surface area (TPSA) is 57.5 Å². The van der Waals surface area contributed by atoms with E-state index in [9.17, 15) is 4.79 Å². The van der Waals surface area contributed by atoms with Crippen LogP contribution in [0.15, 0.2) is 36.9 Å². The Morgan fingerprint density at radius 2 is 2.20 bits per heavy atom. The van der Waals surface area contributed by atoms with Gasteiger partial charge in [-0.1, -0.05) is 0 Å². The summed E-state index contributed by atoms with van der Waals surface area (Å²) in [5, 5.41) is 12.1. The van der Waals surface area contributed by atoms with E-state index in [0.29, 0.717) is 13.2 Å². The van der Waals surface area contributed by atoms with E-state index in [0.717, 1.165) is 0 Å². The summed E-state index contributed by atoms with van der Waals surface area (Å²) in [7, 11) is 0. The molecule has 2 heterocycles. The van der Waals surface area contributed by atoms with Crippen LogP contribution >= 0.6 is 0 Å². The molecule has 0 saturated heterocycles. The summed E-state index contributed by atoms with van der Waals surface area (Å²) in [6, 6.07) is 3.12. The fraction of sp³-hybridized carbons (Fsp3) is 0.300. The molecule has 0 fully saturated rings. The number of carbonyl (C=O) groups is 1. The molecule has 1 aromatic heterocycles. The minimum Gasteiger partial charge on any atom is -0.480 e. The lowest BCUT2D eigenvalue weighted by molar-refractivity contribution is -0.141. The Morgan fingerprint density at radius 1 is 1.47 bits per heavy atom. The van der Waals surface area contributed by atoms with Gasteiger partial charge in [-0.05, 0) is 12.1 Å². The van der Waals surface area contributed by atoms with Crippen LogP contribution in [-0.2, 0) is 4.79 Å². The van der Waals surface area contributed by atoms with Crippen molar-refractivity contribution in [3.8, 4) is 0 Å². The predicted molar refractivity (Wildman–Crippen MR) is 55.0 cm³/mol. The van der Waals surface area contributed by atoms with E-state index in [1.54, 1.807) is 17.0 Å². The molecule has 15 heavy (non-hydrogen) atoms. The number of rotatable bonds is 4. The largest absolute Gasteiger partial charge is 0.480 e. The van der Waals surface area contributed by atoms with Gasteiger partial charge in [0.1, 0.15) is 6.04 Å². The molecule has 1 aromatic rings. The standard InChI is InChI=1S/C10H13N3O2/c14-10(15)9(13-4-1-2-5-13)7-12-6-3-11-8-12/h1-6,9,11H,7-8H2,(H,14,15). The van der Waals surface area contributed by atoms with Crippen LogP contribution in [-0.4, -0.2) is 33.8 Å². The van der Waals surface area contributed by atoms with Crippen LogP contribution < -0.4 is 5.32 Å². The molecular formula is C10H13N3O2. The van der Waals surface area contributed by atoms with Crippen molar-refractivity contribution in [3.63, 3.8) is 0 Å². The van der Waals surface area contributed by atoms with Crippen molar-refractivity contribution < 1.29 is 9.90 Å². The first-order valence-corrected chi connectivity index (χ1v) is 4.77. The summed E-state index contributed by atoms with van der Waals surface area (Å²) in [6.07, 6.45) is 7.21. The van der Waals surface area contributed by atoms with Crippen molar-refractivity contribution >= 4 is 5.97 Å². The zero-order valence-electron chi connectivity index (χ0n) is 8.21. The van der Waals surface area contributed by atoms with Gasteiger partial charge >= 0.3 is 5.97 Å². The van der Waals surface area contributed by atoms with Gasteiger partial charge in [-0.3, -0.25) is 0 Å². The number of aliphatic carboxylic acids is 1. The number of nitrogens with zero attached hydrogens (tertiary/aromatic N) is 2. The molecule has 1 unspecified atom stereocenters. The third-order valence-corrected chi connectivity index (χ3v) is 2.38. The number of hydrogen-bond acceptors (Lipinski definition) is 3. The van der Waals surface area contributed by atoms with E-state index in [4.69, 9.17) is 5.11 Å². The second-order valence-corrected chi connectivity index (χ2v) is 3.43. The second kappa shape index (κ2) is 4.08. The van der Waals surface area contributed by atoms with Crippen LogP contribution in [0.4, 0.5) is 0 Å². The zero-order chi connectivity index (χ0) is 10.7. The molecule has 0 radical (unpaired) electrons. The minimum atomic E-state index is -0.813. The summed E-state index contributed by atoms with van der Waals surface area (Å²) >= 11 is 0. The maximum atomic E-state index is 11.1. The van der Waals surface area contributed by atoms with Crippen LogP contribution in [0.25, 0.3) is 0 Å². The number of hydrogen-bond donors (Lipinski definition) is 2. The van der Waals surface area contributed by atoms with Crippen molar-refractivity contribution in [3.05, 3.63) is 36.9 Å². The Kier molecular flexibility index (Phi) is 2.62. The normalized spacial score (nSPS) is 16.4. The van der Waals surface area contributed by atoms with Crippen molar-refractivity contribution in [2.24, 2.45) is 0 Å². The lowest BCUT2D eigenvalue weighted by Crippen LogP contribution is -2.32. The molecule has 0 saturated carbocycles. The molecule has 1 atom stereocenters. The monoisotopic (exact) mass is 207 g/mol. The molecule has 1 aliphatic rings. The van der Waals surface area contributed by atoms with Crippen LogP contribution in [0.5, 0.6) is 0 Å². The Hall–Kier alpha value is -1.91. The van der Waals surface area contributed by atoms with Gasteiger partial charge < -0.3 is 19.9 Å². The highest BCUT2D eigenvalue weighted by atomic mass is 16.4. The second-order valence-electron chi connectivity index (χ2n) is 3.43. The smallest absolute Gasteiger partial charge is 0.328 e. The lowest BCUT2D eigenvalue weighted by atomic mass is 10.3. The van der Waals surface area contributed by atoms with E-state index in [2.05, 4.69) is 5.32 Å². The molecule has 5 nitrogen and oxygen atoms in total. The molecule has 1 aliphatic heterocycles. The fourth-order valence-corrected chi connectivity index (χ4v) is 1.58. The Morgan fingerprint density at radius 3 is 2.73 bits per heavy atom. The molecule has 2 N–H and O–H groups in total. The Labute approximate surface area is 87.6 Å². The third kappa shape index (κ3) is 2.12. The van der Waals surface area contributed by atoms with E-state index >= 15 is 0 Å². The molecule has 0 aromatic carbocycles. The van der Waals surface area contributed by atoms with Crippen LogP contribution in [0.3, 0.4) is 0 Å². The van der Waals surface area contributed by atoms with Gasteiger partial charge in [0.2, 0.25) is 0 Å². The molecule has 0 amide bonds. The molecule has 80 valence electrons. The van der Waals surface area contributed by atoms with Gasteiger partial charge in [-0.15, -0.1) is 0 Å². The van der Waals surface area contributed by atoms with E-state index in [1.807, 2.05) is 29.4 Å². The molecule has 0 aliphatic carbocycles. The first kappa shape index (κ1) is 9.64. The van der Waals surface area contributed by atoms with E-state index in [-0.39, 0.29) is 0 Å². The molecule has 0 bridgehead atoms. The van der Waals surface area contributed by atoms with Crippen molar-refractivity contribution in [2.75, 3.05) is 13.2 Å². The fourth-order valence-electron chi connectivity index (χ4n) is 1.58. The summed E-state index contributed by atoms with van der Waals surface area (Å²) in [5.41, 5.74) is 0. The van der Waals surface area contributed by atoms with Crippen molar-refractivity contribution in [1.82, 2.24) is 14.8 Å². The lowest BCUT2D eigenvalue weighted by Gasteiger charge is -2.21. The first-order chi connectivity index (χ1) is 7.27. The minimum absolute atomic E-state index is 0.466. The van der Waals surface area contributed by atoms with Gasteiger partial charge in [0.15, 0.2) is 0 Å². The molecule has 2 rings (SSSR count). The summed E-state index contributed by atoms with van der Waals surface area (Å²) in [4.78, 5) is 13.0. The van der Waals surface area contributed by atoms with Crippen LogP contribution in [0, 0.1) is 0 Å². The first-order valence-electron chi connectivity index (χ1n) is 4.77. The SMILES string of the molecule is O=C(O)C(CN1C=CNC1)n1cccc1. The highest BCUT2D eigenvalue weighted by Gasteiger charge is 2.21. The van der Waals surface area contributed by atoms with Crippen LogP contribution in [0.2, 0.25) is 0 Å². The van der Waals surface area contributed by atoms with Gasteiger partial charge in [-0.2, -0.15) is 0 Å². The highest BCUT2D eigenvalue weighted by molar-refractivity contribution is 5.72. The average molecular weight is 207 g/mol. The number of nitrogens with one attached hydrogen (secondary N) is 1. The van der Waals surface area contributed by atoms with E-state index < -0.39 is 12.0 Å². The number of carboxylic acids is 1. The van der Waals surface area contributed by atoms with Crippen molar-refractivity contribution in [1.29, 1.82) is 0 Å². The van der Waals surface area contributed by atoms with Gasteiger partial charge in [0, 0.05) is 24.8 Å². The predicted octanol–water partition coefficient (Wildman–Crippen LogP) is 0.448. The summed E-state index contributed by atoms with van der Waals surface area (Å²) in [5.74, 6) is -0.813.